The molecule has 0 fully saturated rings. The Morgan fingerprint density at radius 1 is 1.44 bits per heavy atom. The van der Waals surface area contributed by atoms with E-state index in [2.05, 4.69) is 10.7 Å². The molecule has 0 saturated carbocycles. The van der Waals surface area contributed by atoms with Crippen LogP contribution in [0, 0.1) is 0 Å². The highest BCUT2D eigenvalue weighted by Crippen LogP contribution is 2.17. The number of primary sulfonamides is 1. The first-order valence-corrected chi connectivity index (χ1v) is 7.83. The van der Waals surface area contributed by atoms with E-state index in [-0.39, 0.29) is 11.1 Å². The molecule has 0 aliphatic heterocycles. The molecule has 98 valence electrons. The lowest BCUT2D eigenvalue weighted by molar-refractivity contribution is 0.394. The van der Waals surface area contributed by atoms with Crippen LogP contribution in [0.5, 0.6) is 0 Å². The van der Waals surface area contributed by atoms with Crippen molar-refractivity contribution in [1.29, 1.82) is 0 Å². The maximum absolute atomic E-state index is 11.0. The lowest BCUT2D eigenvalue weighted by Crippen LogP contribution is -2.17. The van der Waals surface area contributed by atoms with Crippen molar-refractivity contribution in [1.82, 2.24) is 5.32 Å². The third-order valence-electron chi connectivity index (χ3n) is 2.54. The predicted octanol–water partition coefficient (Wildman–Crippen LogP) is 1.84. The third-order valence-corrected chi connectivity index (χ3v) is 4.02. The SMILES string of the molecule is CC(NCc1ccc(S(N)(=O)=O)o1)c1ccsc1. The Balaban J connectivity index is 1.97. The molecule has 1 unspecified atom stereocenters. The Bertz CT molecular complexity index is 602. The van der Waals surface area contributed by atoms with Crippen molar-refractivity contribution in [2.45, 2.75) is 24.6 Å². The Morgan fingerprint density at radius 2 is 2.22 bits per heavy atom. The zero-order valence-electron chi connectivity index (χ0n) is 9.79. The standard InChI is InChI=1S/C11H14N2O3S2/c1-8(9-4-5-17-7-9)13-6-10-2-3-11(16-10)18(12,14)15/h2-5,7-8,13H,6H2,1H3,(H2,12,14,15). The number of hydrogen-bond acceptors (Lipinski definition) is 5. The summed E-state index contributed by atoms with van der Waals surface area (Å²) in [5.41, 5.74) is 1.19. The number of thiophene rings is 1. The quantitative estimate of drug-likeness (QED) is 0.878. The maximum Gasteiger partial charge on any atom is 0.271 e. The summed E-state index contributed by atoms with van der Waals surface area (Å²) in [6.45, 7) is 2.48. The van der Waals surface area contributed by atoms with E-state index in [1.165, 1.54) is 11.6 Å². The molecule has 18 heavy (non-hydrogen) atoms. The van der Waals surface area contributed by atoms with Crippen molar-refractivity contribution in [2.24, 2.45) is 5.14 Å². The molecule has 5 nitrogen and oxygen atoms in total. The summed E-state index contributed by atoms with van der Waals surface area (Å²) in [4.78, 5) is 0. The summed E-state index contributed by atoms with van der Waals surface area (Å²) in [5, 5.41) is 12.1. The van der Waals surface area contributed by atoms with Gasteiger partial charge in [-0.05, 0) is 41.4 Å². The molecule has 2 heterocycles. The van der Waals surface area contributed by atoms with Crippen molar-refractivity contribution < 1.29 is 12.8 Å². The van der Waals surface area contributed by atoms with Gasteiger partial charge >= 0.3 is 0 Å². The minimum absolute atomic E-state index is 0.180. The molecule has 2 aromatic rings. The van der Waals surface area contributed by atoms with Crippen LogP contribution in [0.15, 0.2) is 38.5 Å². The van der Waals surface area contributed by atoms with Gasteiger partial charge in [-0.1, -0.05) is 0 Å². The van der Waals surface area contributed by atoms with Gasteiger partial charge in [0.2, 0.25) is 5.09 Å². The van der Waals surface area contributed by atoms with Crippen LogP contribution >= 0.6 is 11.3 Å². The van der Waals surface area contributed by atoms with Crippen LogP contribution in [-0.4, -0.2) is 8.42 Å². The van der Waals surface area contributed by atoms with E-state index >= 15 is 0 Å². The fraction of sp³-hybridized carbons (Fsp3) is 0.273. The van der Waals surface area contributed by atoms with Gasteiger partial charge in [0.15, 0.2) is 0 Å². The van der Waals surface area contributed by atoms with E-state index in [1.807, 2.05) is 18.4 Å². The van der Waals surface area contributed by atoms with E-state index in [0.29, 0.717) is 12.3 Å². The first kappa shape index (κ1) is 13.3. The summed E-state index contributed by atoms with van der Waals surface area (Å²) in [6.07, 6.45) is 0. The lowest BCUT2D eigenvalue weighted by atomic mass is 10.2. The largest absolute Gasteiger partial charge is 0.447 e. The Morgan fingerprint density at radius 3 is 2.78 bits per heavy atom. The van der Waals surface area contributed by atoms with Crippen molar-refractivity contribution >= 4 is 21.4 Å². The molecular formula is C11H14N2O3S2. The Hall–Kier alpha value is -1.15. The molecule has 7 heteroatoms. The van der Waals surface area contributed by atoms with Crippen LogP contribution in [0.3, 0.4) is 0 Å². The molecule has 0 aromatic carbocycles. The Labute approximate surface area is 110 Å². The van der Waals surface area contributed by atoms with Crippen LogP contribution < -0.4 is 10.5 Å². The lowest BCUT2D eigenvalue weighted by Gasteiger charge is -2.10. The molecule has 0 aliphatic rings. The maximum atomic E-state index is 11.0. The van der Waals surface area contributed by atoms with Crippen LogP contribution in [0.2, 0.25) is 0 Å². The van der Waals surface area contributed by atoms with Gasteiger partial charge in [0.25, 0.3) is 10.0 Å². The number of furan rings is 1. The average molecular weight is 286 g/mol. The minimum Gasteiger partial charge on any atom is -0.447 e. The normalized spacial score (nSPS) is 13.7. The minimum atomic E-state index is -3.76. The van der Waals surface area contributed by atoms with Crippen molar-refractivity contribution in [3.63, 3.8) is 0 Å². The fourth-order valence-electron chi connectivity index (χ4n) is 1.50. The average Bonchev–Trinajstić information content (AvgIpc) is 2.96. The van der Waals surface area contributed by atoms with Gasteiger partial charge in [-0.25, -0.2) is 13.6 Å². The van der Waals surface area contributed by atoms with Crippen LogP contribution in [-0.2, 0) is 16.6 Å². The molecule has 0 saturated heterocycles. The van der Waals surface area contributed by atoms with E-state index in [0.717, 1.165) is 0 Å². The molecule has 0 bridgehead atoms. The van der Waals surface area contributed by atoms with Gasteiger partial charge in [-0.3, -0.25) is 0 Å². The summed E-state index contributed by atoms with van der Waals surface area (Å²) in [6, 6.07) is 5.19. The van der Waals surface area contributed by atoms with Gasteiger partial charge in [0.1, 0.15) is 5.76 Å². The zero-order chi connectivity index (χ0) is 13.2. The van der Waals surface area contributed by atoms with Gasteiger partial charge < -0.3 is 9.73 Å². The molecule has 0 amide bonds. The van der Waals surface area contributed by atoms with E-state index < -0.39 is 10.0 Å². The fourth-order valence-corrected chi connectivity index (χ4v) is 2.73. The topological polar surface area (TPSA) is 85.3 Å². The molecule has 0 radical (unpaired) electrons. The van der Waals surface area contributed by atoms with Gasteiger partial charge in [-0.15, -0.1) is 0 Å². The second-order valence-electron chi connectivity index (χ2n) is 3.93. The molecule has 2 rings (SSSR count). The first-order valence-electron chi connectivity index (χ1n) is 5.34. The van der Waals surface area contributed by atoms with Gasteiger partial charge in [0, 0.05) is 6.04 Å². The van der Waals surface area contributed by atoms with Gasteiger partial charge in [0.05, 0.1) is 6.54 Å². The van der Waals surface area contributed by atoms with E-state index in [9.17, 15) is 8.42 Å². The summed E-state index contributed by atoms with van der Waals surface area (Å²) < 4.78 is 27.2. The van der Waals surface area contributed by atoms with Crippen LogP contribution in [0.4, 0.5) is 0 Å². The highest BCUT2D eigenvalue weighted by molar-refractivity contribution is 7.89. The molecule has 2 aromatic heterocycles. The van der Waals surface area contributed by atoms with Crippen molar-refractivity contribution in [2.75, 3.05) is 0 Å². The molecule has 0 spiro atoms. The zero-order valence-corrected chi connectivity index (χ0v) is 11.4. The van der Waals surface area contributed by atoms with Crippen molar-refractivity contribution in [3.05, 3.63) is 40.3 Å². The number of rotatable bonds is 5. The van der Waals surface area contributed by atoms with E-state index in [4.69, 9.17) is 9.56 Å². The smallest absolute Gasteiger partial charge is 0.271 e. The molecule has 0 aliphatic carbocycles. The van der Waals surface area contributed by atoms with Crippen molar-refractivity contribution in [3.8, 4) is 0 Å². The second kappa shape index (κ2) is 5.23. The first-order chi connectivity index (χ1) is 8.47. The third kappa shape index (κ3) is 3.20. The molecular weight excluding hydrogens is 272 g/mol. The Kier molecular flexibility index (Phi) is 3.86. The number of hydrogen-bond donors (Lipinski definition) is 2. The molecule has 1 atom stereocenters. The number of nitrogens with one attached hydrogen (secondary N) is 1. The predicted molar refractivity (Wildman–Crippen MR) is 69.7 cm³/mol. The number of nitrogens with two attached hydrogens (primary N) is 1. The summed E-state index contributed by atoms with van der Waals surface area (Å²) >= 11 is 1.64. The van der Waals surface area contributed by atoms with E-state index in [1.54, 1.807) is 17.4 Å². The summed E-state index contributed by atoms with van der Waals surface area (Å²) in [7, 11) is -3.76. The van der Waals surface area contributed by atoms with Crippen LogP contribution in [0.1, 0.15) is 24.3 Å². The van der Waals surface area contributed by atoms with Crippen LogP contribution in [0.25, 0.3) is 0 Å². The molecule has 3 N–H and O–H groups in total. The highest BCUT2D eigenvalue weighted by atomic mass is 32.2. The summed E-state index contributed by atoms with van der Waals surface area (Å²) in [5.74, 6) is 0.543. The highest BCUT2D eigenvalue weighted by Gasteiger charge is 2.13. The second-order valence-corrected chi connectivity index (χ2v) is 6.20. The monoisotopic (exact) mass is 286 g/mol. The number of sulfonamides is 1. The van der Waals surface area contributed by atoms with Gasteiger partial charge in [-0.2, -0.15) is 11.3 Å².